The van der Waals surface area contributed by atoms with Crippen LogP contribution in [-0.4, -0.2) is 46.4 Å². The van der Waals surface area contributed by atoms with Crippen molar-refractivity contribution in [3.8, 4) is 0 Å². The highest BCUT2D eigenvalue weighted by Gasteiger charge is 2.51. The number of hydrogen-bond donors (Lipinski definition) is 2. The molecule has 7 heteroatoms. The van der Waals surface area contributed by atoms with Crippen molar-refractivity contribution in [2.24, 2.45) is 0 Å². The number of aryl methyl sites for hydroxylation is 1. The van der Waals surface area contributed by atoms with Gasteiger partial charge in [0.25, 0.3) is 11.8 Å². The van der Waals surface area contributed by atoms with E-state index in [1.807, 2.05) is 6.92 Å². The minimum Gasteiger partial charge on any atom is -0.352 e. The second-order valence-corrected chi connectivity index (χ2v) is 6.47. The average Bonchev–Trinajstić information content (AvgIpc) is 3.12. The Hall–Kier alpha value is -2.44. The Morgan fingerprint density at radius 2 is 2.08 bits per heavy atom. The summed E-state index contributed by atoms with van der Waals surface area (Å²) in [5.74, 6) is -0.314. The third-order valence-electron chi connectivity index (χ3n) is 4.72. The fourth-order valence-corrected chi connectivity index (χ4v) is 3.34. The molecule has 0 unspecified atom stereocenters. The molecule has 1 aliphatic carbocycles. The number of pyridine rings is 1. The number of hydrogen-bond acceptors (Lipinski definition) is 4. The lowest BCUT2D eigenvalue weighted by Crippen LogP contribution is -2.44. The van der Waals surface area contributed by atoms with E-state index in [1.165, 1.54) is 11.1 Å². The third-order valence-corrected chi connectivity index (χ3v) is 4.72. The van der Waals surface area contributed by atoms with Crippen molar-refractivity contribution in [1.29, 1.82) is 0 Å². The topological polar surface area (TPSA) is 91.4 Å². The number of aromatic nitrogens is 1. The van der Waals surface area contributed by atoms with E-state index < -0.39 is 5.54 Å². The molecular weight excluding hydrogens is 308 g/mol. The lowest BCUT2D eigenvalue weighted by atomic mass is 9.98. The summed E-state index contributed by atoms with van der Waals surface area (Å²) < 4.78 is 0. The van der Waals surface area contributed by atoms with Gasteiger partial charge in [-0.2, -0.15) is 0 Å². The van der Waals surface area contributed by atoms with E-state index in [9.17, 15) is 14.4 Å². The number of nitrogens with one attached hydrogen (secondary N) is 2. The van der Waals surface area contributed by atoms with Gasteiger partial charge in [0.15, 0.2) is 0 Å². The monoisotopic (exact) mass is 330 g/mol. The number of carbonyl (C=O) groups excluding carboxylic acids is 3. The first-order valence-electron chi connectivity index (χ1n) is 8.37. The summed E-state index contributed by atoms with van der Waals surface area (Å²) in [6.45, 7) is 2.58. The molecule has 0 aromatic carbocycles. The van der Waals surface area contributed by atoms with Crippen molar-refractivity contribution < 1.29 is 14.4 Å². The Balaban J connectivity index is 1.46. The van der Waals surface area contributed by atoms with Crippen LogP contribution in [0.25, 0.3) is 0 Å². The van der Waals surface area contributed by atoms with Crippen LogP contribution in [0.3, 0.4) is 0 Å². The van der Waals surface area contributed by atoms with Crippen molar-refractivity contribution in [1.82, 2.24) is 20.5 Å². The van der Waals surface area contributed by atoms with Gasteiger partial charge in [0.05, 0.1) is 5.56 Å². The predicted octanol–water partition coefficient (Wildman–Crippen LogP) is 1.37. The zero-order valence-electron chi connectivity index (χ0n) is 13.8. The number of nitrogens with zero attached hydrogens (tertiary/aromatic N) is 2. The molecule has 2 heterocycles. The molecule has 0 bridgehead atoms. The Morgan fingerprint density at radius 3 is 2.75 bits per heavy atom. The van der Waals surface area contributed by atoms with Crippen molar-refractivity contribution >= 4 is 17.8 Å². The Labute approximate surface area is 140 Å². The van der Waals surface area contributed by atoms with E-state index in [4.69, 9.17) is 0 Å². The maximum Gasteiger partial charge on any atom is 0.325 e. The van der Waals surface area contributed by atoms with Gasteiger partial charge < -0.3 is 10.6 Å². The fraction of sp³-hybridized carbons (Fsp3) is 0.529. The molecule has 4 amide bonds. The molecule has 1 saturated heterocycles. The largest absolute Gasteiger partial charge is 0.352 e. The normalized spacial score (nSPS) is 19.0. The number of carbonyl (C=O) groups is 3. The van der Waals surface area contributed by atoms with Crippen molar-refractivity contribution in [3.63, 3.8) is 0 Å². The molecular formula is C17H22N4O3. The predicted molar refractivity (Wildman–Crippen MR) is 87.4 cm³/mol. The van der Waals surface area contributed by atoms with E-state index in [2.05, 4.69) is 15.6 Å². The van der Waals surface area contributed by atoms with Crippen molar-refractivity contribution in [3.05, 3.63) is 29.6 Å². The number of urea groups is 1. The first kappa shape index (κ1) is 16.4. The van der Waals surface area contributed by atoms with Gasteiger partial charge in [0, 0.05) is 25.0 Å². The van der Waals surface area contributed by atoms with Crippen LogP contribution >= 0.6 is 0 Å². The summed E-state index contributed by atoms with van der Waals surface area (Å²) in [7, 11) is 0. The number of imide groups is 1. The Bertz CT molecular complexity index is 650. The fourth-order valence-electron chi connectivity index (χ4n) is 3.34. The summed E-state index contributed by atoms with van der Waals surface area (Å²) >= 11 is 0. The van der Waals surface area contributed by atoms with Gasteiger partial charge in [-0.3, -0.25) is 19.5 Å². The zero-order valence-corrected chi connectivity index (χ0v) is 13.8. The minimum atomic E-state index is -0.659. The van der Waals surface area contributed by atoms with E-state index in [-0.39, 0.29) is 17.8 Å². The first-order valence-corrected chi connectivity index (χ1v) is 8.37. The van der Waals surface area contributed by atoms with Gasteiger partial charge >= 0.3 is 6.03 Å². The van der Waals surface area contributed by atoms with Crippen molar-refractivity contribution in [2.45, 2.75) is 44.6 Å². The lowest BCUT2D eigenvalue weighted by molar-refractivity contribution is -0.131. The highest BCUT2D eigenvalue weighted by atomic mass is 16.2. The van der Waals surface area contributed by atoms with Gasteiger partial charge in [-0.05, 0) is 38.3 Å². The van der Waals surface area contributed by atoms with Gasteiger partial charge in [0.2, 0.25) is 0 Å². The molecule has 128 valence electrons. The molecule has 0 atom stereocenters. The smallest absolute Gasteiger partial charge is 0.325 e. The quantitative estimate of drug-likeness (QED) is 0.630. The van der Waals surface area contributed by atoms with Gasteiger partial charge in [0.1, 0.15) is 5.54 Å². The zero-order chi connectivity index (χ0) is 17.2. The summed E-state index contributed by atoms with van der Waals surface area (Å²) in [6, 6.07) is 3.19. The summed E-state index contributed by atoms with van der Waals surface area (Å²) in [4.78, 5) is 41.8. The van der Waals surface area contributed by atoms with Crippen molar-refractivity contribution in [2.75, 3.05) is 13.1 Å². The molecule has 2 fully saturated rings. The van der Waals surface area contributed by atoms with E-state index in [0.29, 0.717) is 25.1 Å². The van der Waals surface area contributed by atoms with Gasteiger partial charge in [-0.1, -0.05) is 12.8 Å². The molecule has 0 radical (unpaired) electrons. The molecule has 2 N–H and O–H groups in total. The van der Waals surface area contributed by atoms with Crippen LogP contribution in [0.4, 0.5) is 4.79 Å². The van der Waals surface area contributed by atoms with Crippen LogP contribution in [0, 0.1) is 6.92 Å². The standard InChI is InChI=1S/C17H22N4O3/c1-12-5-6-13(11-19-12)14(22)18-9-4-10-21-15(23)17(20-16(21)24)7-2-3-8-17/h5-6,11H,2-4,7-10H2,1H3,(H,18,22)(H,20,24). The second-order valence-electron chi connectivity index (χ2n) is 6.47. The molecule has 1 aromatic heterocycles. The molecule has 24 heavy (non-hydrogen) atoms. The van der Waals surface area contributed by atoms with Crippen LogP contribution in [0.2, 0.25) is 0 Å². The molecule has 7 nitrogen and oxygen atoms in total. The first-order chi connectivity index (χ1) is 11.5. The Morgan fingerprint density at radius 1 is 1.33 bits per heavy atom. The van der Waals surface area contributed by atoms with Crippen LogP contribution < -0.4 is 10.6 Å². The van der Waals surface area contributed by atoms with Crippen LogP contribution in [-0.2, 0) is 4.79 Å². The number of rotatable bonds is 5. The number of amides is 4. The average molecular weight is 330 g/mol. The van der Waals surface area contributed by atoms with Crippen LogP contribution in [0.5, 0.6) is 0 Å². The maximum absolute atomic E-state index is 12.5. The third kappa shape index (κ3) is 3.11. The molecule has 2 aliphatic rings. The van der Waals surface area contributed by atoms with E-state index >= 15 is 0 Å². The van der Waals surface area contributed by atoms with E-state index in [1.54, 1.807) is 12.1 Å². The second kappa shape index (κ2) is 6.59. The summed E-state index contributed by atoms with van der Waals surface area (Å²) in [6.07, 6.45) is 5.46. The van der Waals surface area contributed by atoms with E-state index in [0.717, 1.165) is 31.4 Å². The summed E-state index contributed by atoms with van der Waals surface area (Å²) in [5.41, 5.74) is 0.694. The molecule has 1 aliphatic heterocycles. The van der Waals surface area contributed by atoms with Crippen LogP contribution in [0.15, 0.2) is 18.3 Å². The molecule has 3 rings (SSSR count). The maximum atomic E-state index is 12.5. The van der Waals surface area contributed by atoms with Crippen LogP contribution in [0.1, 0.15) is 48.2 Å². The highest BCUT2D eigenvalue weighted by Crippen LogP contribution is 2.34. The highest BCUT2D eigenvalue weighted by molar-refractivity contribution is 6.07. The Kier molecular flexibility index (Phi) is 4.51. The molecule has 1 saturated carbocycles. The van der Waals surface area contributed by atoms with Gasteiger partial charge in [-0.25, -0.2) is 4.79 Å². The lowest BCUT2D eigenvalue weighted by Gasteiger charge is -2.20. The summed E-state index contributed by atoms with van der Waals surface area (Å²) in [5, 5.41) is 5.64. The SMILES string of the molecule is Cc1ccc(C(=O)NCCCN2C(=O)NC3(CCCC3)C2=O)cn1. The molecule has 1 spiro atoms. The molecule has 1 aromatic rings. The minimum absolute atomic E-state index is 0.112. The van der Waals surface area contributed by atoms with Gasteiger partial charge in [-0.15, -0.1) is 0 Å².